The van der Waals surface area contributed by atoms with Gasteiger partial charge in [-0.15, -0.1) is 11.8 Å². The van der Waals surface area contributed by atoms with Gasteiger partial charge in [0.25, 0.3) is 0 Å². The molecular weight excluding hydrogens is 295 g/mol. The van der Waals surface area contributed by atoms with Gasteiger partial charge in [0.05, 0.1) is 19.3 Å². The first kappa shape index (κ1) is 17.1. The lowest BCUT2D eigenvalue weighted by Gasteiger charge is -2.32. The van der Waals surface area contributed by atoms with Gasteiger partial charge in [0.15, 0.2) is 0 Å². The topological polar surface area (TPSA) is 18.5 Å². The molecule has 1 aromatic carbocycles. The van der Waals surface area contributed by atoms with Gasteiger partial charge in [-0.05, 0) is 39.8 Å². The molecule has 0 radical (unpaired) electrons. The molecule has 0 bridgehead atoms. The molecule has 5 heteroatoms. The predicted octanol–water partition coefficient (Wildman–Crippen LogP) is 4.66. The summed E-state index contributed by atoms with van der Waals surface area (Å²) in [7, 11) is -1.58. The molecule has 0 aliphatic carbocycles. The van der Waals surface area contributed by atoms with E-state index in [4.69, 9.17) is 9.31 Å². The molecular formula is C16H27BO2SSi. The monoisotopic (exact) mass is 322 g/mol. The van der Waals surface area contributed by atoms with E-state index < -0.39 is 8.07 Å². The fourth-order valence-corrected chi connectivity index (χ4v) is 5.90. The van der Waals surface area contributed by atoms with Gasteiger partial charge in [-0.1, -0.05) is 37.8 Å². The summed E-state index contributed by atoms with van der Waals surface area (Å²) in [6.45, 7) is 15.7. The zero-order chi connectivity index (χ0) is 15.9. The summed E-state index contributed by atoms with van der Waals surface area (Å²) in [5, 5.41) is 0. The van der Waals surface area contributed by atoms with Crippen molar-refractivity contribution in [1.29, 1.82) is 0 Å². The highest BCUT2D eigenvalue weighted by Gasteiger charge is 2.56. The van der Waals surface area contributed by atoms with Crippen LogP contribution in [0.3, 0.4) is 0 Å². The molecule has 1 heterocycles. The average molecular weight is 322 g/mol. The van der Waals surface area contributed by atoms with Gasteiger partial charge in [-0.3, -0.25) is 0 Å². The van der Waals surface area contributed by atoms with E-state index >= 15 is 0 Å². The van der Waals surface area contributed by atoms with E-state index in [9.17, 15) is 0 Å². The minimum absolute atomic E-state index is 0.133. The standard InChI is InChI=1S/C16H27BO2SSi/c1-15(2)16(3,4)19-17(18-15)14(21(5,6)7)20-13-11-9-8-10-12-13/h8-12,14H,1-7H3. The van der Waals surface area contributed by atoms with Crippen LogP contribution >= 0.6 is 11.8 Å². The predicted molar refractivity (Wildman–Crippen MR) is 95.5 cm³/mol. The Hall–Kier alpha value is -0.228. The summed E-state index contributed by atoms with van der Waals surface area (Å²) < 4.78 is 13.0. The fourth-order valence-electron chi connectivity index (χ4n) is 2.30. The maximum absolute atomic E-state index is 6.32. The van der Waals surface area contributed by atoms with Gasteiger partial charge in [0.2, 0.25) is 0 Å². The third-order valence-electron chi connectivity index (χ3n) is 4.38. The first-order valence-corrected chi connectivity index (χ1v) is 12.1. The van der Waals surface area contributed by atoms with Gasteiger partial charge < -0.3 is 9.31 Å². The zero-order valence-electron chi connectivity index (χ0n) is 14.3. The van der Waals surface area contributed by atoms with Crippen molar-refractivity contribution in [3.8, 4) is 0 Å². The lowest BCUT2D eigenvalue weighted by Crippen LogP contribution is -2.48. The van der Waals surface area contributed by atoms with Crippen molar-refractivity contribution in [3.05, 3.63) is 30.3 Å². The molecule has 1 aliphatic rings. The largest absolute Gasteiger partial charge is 0.469 e. The Morgan fingerprint density at radius 2 is 1.43 bits per heavy atom. The molecule has 1 unspecified atom stereocenters. The summed E-state index contributed by atoms with van der Waals surface area (Å²) in [6.07, 6.45) is 0. The normalized spacial score (nSPS) is 22.3. The molecule has 21 heavy (non-hydrogen) atoms. The van der Waals surface area contributed by atoms with Crippen molar-refractivity contribution in [3.63, 3.8) is 0 Å². The second-order valence-electron chi connectivity index (χ2n) is 7.84. The zero-order valence-corrected chi connectivity index (χ0v) is 16.1. The lowest BCUT2D eigenvalue weighted by molar-refractivity contribution is 0.00578. The maximum Gasteiger partial charge on any atom is 0.469 e. The number of thioether (sulfide) groups is 1. The highest BCUT2D eigenvalue weighted by molar-refractivity contribution is 8.03. The molecule has 1 aliphatic heterocycles. The molecule has 0 amide bonds. The quantitative estimate of drug-likeness (QED) is 0.593. The molecule has 1 saturated heterocycles. The summed E-state index contributed by atoms with van der Waals surface area (Å²) in [4.78, 5) is 1.29. The summed E-state index contributed by atoms with van der Waals surface area (Å²) in [6, 6.07) is 10.6. The van der Waals surface area contributed by atoms with Crippen LogP contribution in [-0.2, 0) is 9.31 Å². The first-order valence-electron chi connectivity index (χ1n) is 7.60. The molecule has 0 saturated carbocycles. The smallest absolute Gasteiger partial charge is 0.403 e. The van der Waals surface area contributed by atoms with Crippen LogP contribution in [0.1, 0.15) is 27.7 Å². The van der Waals surface area contributed by atoms with Crippen molar-refractivity contribution in [2.45, 2.75) is 68.2 Å². The molecule has 1 aromatic rings. The van der Waals surface area contributed by atoms with Gasteiger partial charge in [0, 0.05) is 9.67 Å². The third kappa shape index (κ3) is 3.76. The van der Waals surface area contributed by atoms with E-state index in [1.807, 2.05) is 11.8 Å². The van der Waals surface area contributed by atoms with Crippen LogP contribution in [0.2, 0.25) is 19.6 Å². The van der Waals surface area contributed by atoms with Crippen molar-refractivity contribution >= 4 is 27.0 Å². The van der Waals surface area contributed by atoms with E-state index in [0.717, 1.165) is 0 Å². The Bertz CT molecular complexity index is 469. The van der Waals surface area contributed by atoms with Crippen LogP contribution in [0.15, 0.2) is 35.2 Å². The maximum atomic E-state index is 6.32. The number of hydrogen-bond donors (Lipinski definition) is 0. The minimum Gasteiger partial charge on any atom is -0.403 e. The van der Waals surface area contributed by atoms with E-state index in [-0.39, 0.29) is 18.3 Å². The summed E-state index contributed by atoms with van der Waals surface area (Å²) in [5.41, 5.74) is -0.514. The second kappa shape index (κ2) is 5.76. The highest BCUT2D eigenvalue weighted by atomic mass is 32.2. The highest BCUT2D eigenvalue weighted by Crippen LogP contribution is 2.42. The van der Waals surface area contributed by atoms with E-state index in [2.05, 4.69) is 77.7 Å². The van der Waals surface area contributed by atoms with Crippen molar-refractivity contribution in [1.82, 2.24) is 0 Å². The SMILES string of the molecule is CC1(C)OB(C(Sc2ccccc2)[Si](C)(C)C)OC1(C)C. The molecule has 0 aromatic heterocycles. The Morgan fingerprint density at radius 1 is 0.952 bits per heavy atom. The number of rotatable bonds is 4. The van der Waals surface area contributed by atoms with Gasteiger partial charge in [-0.25, -0.2) is 0 Å². The third-order valence-corrected chi connectivity index (χ3v) is 9.85. The van der Waals surface area contributed by atoms with E-state index in [1.165, 1.54) is 4.90 Å². The Labute approximate surface area is 135 Å². The molecule has 2 nitrogen and oxygen atoms in total. The Morgan fingerprint density at radius 3 is 1.86 bits per heavy atom. The summed E-state index contributed by atoms with van der Waals surface area (Å²) in [5.74, 6) is 0. The first-order chi connectivity index (χ1) is 9.53. The van der Waals surface area contributed by atoms with E-state index in [0.29, 0.717) is 4.77 Å². The summed E-state index contributed by atoms with van der Waals surface area (Å²) >= 11 is 1.91. The second-order valence-corrected chi connectivity index (χ2v) is 14.8. The molecule has 116 valence electrons. The minimum atomic E-state index is -1.45. The Kier molecular flexibility index (Phi) is 4.70. The van der Waals surface area contributed by atoms with Crippen LogP contribution in [0.4, 0.5) is 0 Å². The van der Waals surface area contributed by atoms with Crippen LogP contribution in [0.5, 0.6) is 0 Å². The van der Waals surface area contributed by atoms with E-state index in [1.54, 1.807) is 0 Å². The number of benzene rings is 1. The Balaban J connectivity index is 2.23. The number of hydrogen-bond acceptors (Lipinski definition) is 3. The molecule has 2 rings (SSSR count). The van der Waals surface area contributed by atoms with Crippen molar-refractivity contribution in [2.75, 3.05) is 0 Å². The van der Waals surface area contributed by atoms with Crippen molar-refractivity contribution in [2.24, 2.45) is 0 Å². The molecule has 1 atom stereocenters. The van der Waals surface area contributed by atoms with Gasteiger partial charge in [-0.2, -0.15) is 0 Å². The van der Waals surface area contributed by atoms with Crippen molar-refractivity contribution < 1.29 is 9.31 Å². The van der Waals surface area contributed by atoms with Crippen LogP contribution in [-0.4, -0.2) is 31.2 Å². The van der Waals surface area contributed by atoms with Crippen LogP contribution in [0.25, 0.3) is 0 Å². The van der Waals surface area contributed by atoms with Crippen LogP contribution in [0, 0.1) is 0 Å². The molecule has 0 N–H and O–H groups in total. The average Bonchev–Trinajstić information content (AvgIpc) is 2.55. The van der Waals surface area contributed by atoms with Gasteiger partial charge >= 0.3 is 7.12 Å². The van der Waals surface area contributed by atoms with Crippen LogP contribution < -0.4 is 0 Å². The molecule has 1 fully saturated rings. The van der Waals surface area contributed by atoms with Gasteiger partial charge in [0.1, 0.15) is 0 Å². The molecule has 0 spiro atoms. The fraction of sp³-hybridized carbons (Fsp3) is 0.625. The lowest BCUT2D eigenvalue weighted by atomic mass is 9.90.